The van der Waals surface area contributed by atoms with E-state index in [1.165, 1.54) is 0 Å². The largest absolute Gasteiger partial charge is 0.353 e. The third kappa shape index (κ3) is 5.13. The zero-order chi connectivity index (χ0) is 15.2. The molecule has 0 aromatic heterocycles. The highest BCUT2D eigenvalue weighted by Crippen LogP contribution is 2.25. The summed E-state index contributed by atoms with van der Waals surface area (Å²) in [7, 11) is 1.92. The number of likely N-dealkylation sites (tertiary alicyclic amines) is 1. The van der Waals surface area contributed by atoms with E-state index in [9.17, 15) is 9.59 Å². The fraction of sp³-hybridized carbons (Fsp3) is 0.875. The molecule has 0 radical (unpaired) electrons. The van der Waals surface area contributed by atoms with Crippen LogP contribution < -0.4 is 10.6 Å². The summed E-state index contributed by atoms with van der Waals surface area (Å²) in [6.45, 7) is 3.65. The predicted octanol–water partition coefficient (Wildman–Crippen LogP) is 1.70. The number of hydrogen-bond donors (Lipinski definition) is 2. The number of hydrogen-bond acceptors (Lipinski definition) is 3. The van der Waals surface area contributed by atoms with Gasteiger partial charge in [-0.2, -0.15) is 0 Å². The Kier molecular flexibility index (Phi) is 8.18. The molecule has 5 nitrogen and oxygen atoms in total. The maximum Gasteiger partial charge on any atom is 0.224 e. The van der Waals surface area contributed by atoms with Gasteiger partial charge in [-0.3, -0.25) is 9.59 Å². The second-order valence-corrected chi connectivity index (χ2v) is 6.54. The molecule has 22 heavy (non-hydrogen) atoms. The molecular weight excluding hydrogens is 302 g/mol. The highest BCUT2D eigenvalue weighted by Gasteiger charge is 2.29. The molecule has 0 aromatic carbocycles. The summed E-state index contributed by atoms with van der Waals surface area (Å²) < 4.78 is 0. The summed E-state index contributed by atoms with van der Waals surface area (Å²) >= 11 is 0. The lowest BCUT2D eigenvalue weighted by Crippen LogP contribution is -2.44. The molecule has 2 aliphatic rings. The molecule has 128 valence electrons. The second-order valence-electron chi connectivity index (χ2n) is 6.54. The minimum atomic E-state index is -0.0681. The Balaban J connectivity index is 0.00000242. The molecule has 0 aromatic rings. The van der Waals surface area contributed by atoms with Crippen molar-refractivity contribution >= 4 is 24.2 Å². The number of amides is 2. The Labute approximate surface area is 140 Å². The second kappa shape index (κ2) is 9.36. The maximum atomic E-state index is 12.4. The molecule has 2 unspecified atom stereocenters. The Hall–Kier alpha value is -0.810. The van der Waals surface area contributed by atoms with Gasteiger partial charge in [0, 0.05) is 37.5 Å². The average molecular weight is 332 g/mol. The van der Waals surface area contributed by atoms with Crippen molar-refractivity contribution in [2.45, 2.75) is 64.0 Å². The smallest absolute Gasteiger partial charge is 0.224 e. The minimum Gasteiger partial charge on any atom is -0.353 e. The number of carbonyl (C=O) groups excluding carboxylic acids is 2. The lowest BCUT2D eigenvalue weighted by atomic mass is 10.1. The average Bonchev–Trinajstić information content (AvgIpc) is 3.09. The summed E-state index contributed by atoms with van der Waals surface area (Å²) in [4.78, 5) is 26.5. The Morgan fingerprint density at radius 1 is 1.18 bits per heavy atom. The van der Waals surface area contributed by atoms with Crippen molar-refractivity contribution < 1.29 is 9.59 Å². The first kappa shape index (κ1) is 19.2. The Bertz CT molecular complexity index is 372. The van der Waals surface area contributed by atoms with E-state index in [2.05, 4.69) is 10.6 Å². The highest BCUT2D eigenvalue weighted by molar-refractivity contribution is 5.85. The van der Waals surface area contributed by atoms with Gasteiger partial charge in [0.25, 0.3) is 0 Å². The quantitative estimate of drug-likeness (QED) is 0.779. The lowest BCUT2D eigenvalue weighted by Gasteiger charge is -2.26. The molecule has 1 aliphatic heterocycles. The standard InChI is InChI=1S/C16H29N3O2.ClH/c1-12(18-16(21)13-6-3-4-7-13)10-15(20)19-9-5-8-14(19)11-17-2;/h12-14,17H,3-11H2,1-2H3,(H,18,21);1H. The molecule has 2 fully saturated rings. The van der Waals surface area contributed by atoms with Crippen molar-refractivity contribution in [3.05, 3.63) is 0 Å². The van der Waals surface area contributed by atoms with E-state index < -0.39 is 0 Å². The third-order valence-corrected chi connectivity index (χ3v) is 4.73. The van der Waals surface area contributed by atoms with Crippen LogP contribution in [0.5, 0.6) is 0 Å². The molecule has 2 amide bonds. The van der Waals surface area contributed by atoms with Gasteiger partial charge in [-0.1, -0.05) is 12.8 Å². The van der Waals surface area contributed by atoms with Gasteiger partial charge in [0.15, 0.2) is 0 Å². The fourth-order valence-electron chi connectivity index (χ4n) is 3.59. The summed E-state index contributed by atoms with van der Waals surface area (Å²) in [6.07, 6.45) is 6.90. The molecule has 1 saturated carbocycles. The number of rotatable bonds is 6. The molecule has 1 saturated heterocycles. The number of halogens is 1. The van der Waals surface area contributed by atoms with Crippen molar-refractivity contribution in [1.29, 1.82) is 0 Å². The predicted molar refractivity (Wildman–Crippen MR) is 90.1 cm³/mol. The van der Waals surface area contributed by atoms with E-state index in [1.54, 1.807) is 0 Å². The molecule has 2 atom stereocenters. The monoisotopic (exact) mass is 331 g/mol. The molecule has 2 rings (SSSR count). The van der Waals surface area contributed by atoms with Gasteiger partial charge in [0.1, 0.15) is 0 Å². The summed E-state index contributed by atoms with van der Waals surface area (Å²) in [5.74, 6) is 0.486. The topological polar surface area (TPSA) is 61.4 Å². The number of carbonyl (C=O) groups is 2. The number of nitrogens with one attached hydrogen (secondary N) is 2. The van der Waals surface area contributed by atoms with Crippen LogP contribution in [0.2, 0.25) is 0 Å². The van der Waals surface area contributed by atoms with E-state index in [0.29, 0.717) is 12.5 Å². The van der Waals surface area contributed by atoms with Crippen LogP contribution in [-0.2, 0) is 9.59 Å². The SMILES string of the molecule is CNCC1CCCN1C(=O)CC(C)NC(=O)C1CCCC1.Cl. The van der Waals surface area contributed by atoms with Crippen molar-refractivity contribution in [3.63, 3.8) is 0 Å². The highest BCUT2D eigenvalue weighted by atomic mass is 35.5. The first-order valence-electron chi connectivity index (χ1n) is 8.36. The van der Waals surface area contributed by atoms with Crippen molar-refractivity contribution in [1.82, 2.24) is 15.5 Å². The molecule has 1 aliphatic carbocycles. The van der Waals surface area contributed by atoms with Crippen LogP contribution in [-0.4, -0.2) is 48.9 Å². The summed E-state index contributed by atoms with van der Waals surface area (Å²) in [6, 6.07) is 0.252. The fourth-order valence-corrected chi connectivity index (χ4v) is 3.59. The van der Waals surface area contributed by atoms with Gasteiger partial charge >= 0.3 is 0 Å². The molecule has 2 N–H and O–H groups in total. The van der Waals surface area contributed by atoms with E-state index in [1.807, 2.05) is 18.9 Å². The first-order valence-corrected chi connectivity index (χ1v) is 8.36. The zero-order valence-corrected chi connectivity index (χ0v) is 14.6. The van der Waals surface area contributed by atoms with Crippen molar-refractivity contribution in [2.75, 3.05) is 20.1 Å². The van der Waals surface area contributed by atoms with E-state index in [4.69, 9.17) is 0 Å². The number of likely N-dealkylation sites (N-methyl/N-ethyl adjacent to an activating group) is 1. The van der Waals surface area contributed by atoms with E-state index in [0.717, 1.165) is 51.6 Å². The normalized spacial score (nSPS) is 23.2. The molecule has 1 heterocycles. The van der Waals surface area contributed by atoms with Gasteiger partial charge in [-0.05, 0) is 39.7 Å². The molecule has 0 spiro atoms. The van der Waals surface area contributed by atoms with Crippen LogP contribution in [0.15, 0.2) is 0 Å². The van der Waals surface area contributed by atoms with Crippen LogP contribution in [0.25, 0.3) is 0 Å². The molecule has 6 heteroatoms. The zero-order valence-electron chi connectivity index (χ0n) is 13.8. The van der Waals surface area contributed by atoms with Crippen LogP contribution in [0.1, 0.15) is 51.9 Å². The first-order chi connectivity index (χ1) is 10.1. The van der Waals surface area contributed by atoms with Crippen molar-refractivity contribution in [2.24, 2.45) is 5.92 Å². The maximum absolute atomic E-state index is 12.4. The Morgan fingerprint density at radius 3 is 2.50 bits per heavy atom. The minimum absolute atomic E-state index is 0. The van der Waals surface area contributed by atoms with Crippen molar-refractivity contribution in [3.8, 4) is 0 Å². The third-order valence-electron chi connectivity index (χ3n) is 4.73. The van der Waals surface area contributed by atoms with E-state index >= 15 is 0 Å². The van der Waals surface area contributed by atoms with Gasteiger partial charge in [-0.25, -0.2) is 0 Å². The van der Waals surface area contributed by atoms with Crippen LogP contribution in [0.4, 0.5) is 0 Å². The van der Waals surface area contributed by atoms with Gasteiger partial charge < -0.3 is 15.5 Å². The van der Waals surface area contributed by atoms with Crippen LogP contribution >= 0.6 is 12.4 Å². The van der Waals surface area contributed by atoms with E-state index in [-0.39, 0.29) is 36.2 Å². The molecular formula is C16H30ClN3O2. The number of nitrogens with zero attached hydrogens (tertiary/aromatic N) is 1. The summed E-state index contributed by atoms with van der Waals surface area (Å²) in [5.41, 5.74) is 0. The lowest BCUT2D eigenvalue weighted by molar-refractivity contribution is -0.132. The molecule has 0 bridgehead atoms. The van der Waals surface area contributed by atoms with Gasteiger partial charge in [0.05, 0.1) is 0 Å². The Morgan fingerprint density at radius 2 is 1.86 bits per heavy atom. The van der Waals surface area contributed by atoms with Crippen LogP contribution in [0, 0.1) is 5.92 Å². The van der Waals surface area contributed by atoms with Crippen LogP contribution in [0.3, 0.4) is 0 Å². The van der Waals surface area contributed by atoms with Gasteiger partial charge in [-0.15, -0.1) is 12.4 Å². The summed E-state index contributed by atoms with van der Waals surface area (Å²) in [5, 5.41) is 6.17. The van der Waals surface area contributed by atoms with Gasteiger partial charge in [0.2, 0.25) is 11.8 Å².